The Labute approximate surface area is 140 Å². The normalized spacial score (nSPS) is 10.9. The van der Waals surface area contributed by atoms with Crippen molar-refractivity contribution in [1.82, 2.24) is 10.2 Å². The van der Waals surface area contributed by atoms with E-state index in [9.17, 15) is 0 Å². The lowest BCUT2D eigenvalue weighted by molar-refractivity contribution is 0.504. The third kappa shape index (κ3) is 2.74. The molecule has 4 heteroatoms. The molecule has 0 spiro atoms. The topological polar surface area (TPSA) is 42.2 Å². The van der Waals surface area contributed by atoms with Crippen LogP contribution in [0.4, 0.5) is 5.69 Å². The van der Waals surface area contributed by atoms with Gasteiger partial charge >= 0.3 is 0 Å². The maximum atomic E-state index is 5.81. The van der Waals surface area contributed by atoms with Gasteiger partial charge in [-0.1, -0.05) is 54.6 Å². The van der Waals surface area contributed by atoms with Gasteiger partial charge in [0.1, 0.15) is 0 Å². The summed E-state index contributed by atoms with van der Waals surface area (Å²) in [6.07, 6.45) is 0. The average Bonchev–Trinajstić information content (AvgIpc) is 3.10. The van der Waals surface area contributed by atoms with Gasteiger partial charge in [-0.05, 0) is 23.6 Å². The highest BCUT2D eigenvalue weighted by molar-refractivity contribution is 5.94. The Hall–Kier alpha value is -3.14. The van der Waals surface area contributed by atoms with Gasteiger partial charge in [-0.2, -0.15) is 0 Å². The fourth-order valence-corrected chi connectivity index (χ4v) is 2.84. The highest BCUT2D eigenvalue weighted by atomic mass is 16.4. The Morgan fingerprint density at radius 1 is 0.833 bits per heavy atom. The fraction of sp³-hybridized carbons (Fsp3) is 0.100. The van der Waals surface area contributed by atoms with E-state index >= 15 is 0 Å². The second-order valence-corrected chi connectivity index (χ2v) is 5.72. The van der Waals surface area contributed by atoms with Crippen LogP contribution < -0.4 is 4.90 Å². The molecular formula is C20H17N3O. The molecule has 3 aromatic carbocycles. The minimum Gasteiger partial charge on any atom is -0.419 e. The Morgan fingerprint density at radius 2 is 1.58 bits per heavy atom. The highest BCUT2D eigenvalue weighted by Gasteiger charge is 2.12. The molecule has 0 N–H and O–H groups in total. The number of hydrogen-bond donors (Lipinski definition) is 0. The molecule has 0 fully saturated rings. The van der Waals surface area contributed by atoms with Crippen LogP contribution in [0.25, 0.3) is 22.2 Å². The first-order chi connectivity index (χ1) is 11.8. The molecule has 0 saturated heterocycles. The molecule has 4 aromatic rings. The maximum Gasteiger partial charge on any atom is 0.247 e. The summed E-state index contributed by atoms with van der Waals surface area (Å²) in [4.78, 5) is 2.13. The summed E-state index contributed by atoms with van der Waals surface area (Å²) in [6.45, 7) is 0.563. The molecule has 4 rings (SSSR count). The second-order valence-electron chi connectivity index (χ2n) is 5.72. The van der Waals surface area contributed by atoms with Crippen molar-refractivity contribution in [2.75, 3.05) is 11.9 Å². The molecule has 0 radical (unpaired) electrons. The first kappa shape index (κ1) is 14.5. The van der Waals surface area contributed by atoms with Gasteiger partial charge in [-0.3, -0.25) is 0 Å². The second kappa shape index (κ2) is 6.16. The van der Waals surface area contributed by atoms with Crippen molar-refractivity contribution >= 4 is 16.5 Å². The quantitative estimate of drug-likeness (QED) is 0.555. The smallest absolute Gasteiger partial charge is 0.247 e. The number of aromatic nitrogens is 2. The summed E-state index contributed by atoms with van der Waals surface area (Å²) in [5, 5.41) is 10.8. The van der Waals surface area contributed by atoms with Gasteiger partial charge in [-0.25, -0.2) is 0 Å². The molecule has 1 heterocycles. The van der Waals surface area contributed by atoms with Crippen LogP contribution in [0.2, 0.25) is 0 Å². The highest BCUT2D eigenvalue weighted by Crippen LogP contribution is 2.27. The summed E-state index contributed by atoms with van der Waals surface area (Å²) in [5.74, 6) is 1.15. The number of rotatable bonds is 4. The molecular weight excluding hydrogens is 298 g/mol. The SMILES string of the molecule is CN(Cc1nnc(-c2ccccc2)o1)c1cccc2ccccc12. The predicted octanol–water partition coefficient (Wildman–Crippen LogP) is 4.53. The third-order valence-corrected chi connectivity index (χ3v) is 4.04. The number of benzene rings is 3. The van der Waals surface area contributed by atoms with Gasteiger partial charge in [0, 0.05) is 23.7 Å². The van der Waals surface area contributed by atoms with Gasteiger partial charge in [0.25, 0.3) is 0 Å². The van der Waals surface area contributed by atoms with E-state index in [0.29, 0.717) is 18.3 Å². The summed E-state index contributed by atoms with van der Waals surface area (Å²) in [5.41, 5.74) is 2.08. The first-order valence-corrected chi connectivity index (χ1v) is 7.88. The molecule has 4 nitrogen and oxygen atoms in total. The zero-order chi connectivity index (χ0) is 16.4. The van der Waals surface area contributed by atoms with Crippen LogP contribution in [0, 0.1) is 0 Å². The molecule has 0 bridgehead atoms. The monoisotopic (exact) mass is 315 g/mol. The van der Waals surface area contributed by atoms with Gasteiger partial charge in [-0.15, -0.1) is 10.2 Å². The molecule has 0 aliphatic carbocycles. The molecule has 0 aliphatic heterocycles. The molecule has 0 saturated carbocycles. The molecule has 0 amide bonds. The average molecular weight is 315 g/mol. The van der Waals surface area contributed by atoms with E-state index in [1.54, 1.807) is 0 Å². The van der Waals surface area contributed by atoms with Crippen LogP contribution >= 0.6 is 0 Å². The minimum atomic E-state index is 0.553. The number of hydrogen-bond acceptors (Lipinski definition) is 4. The lowest BCUT2D eigenvalue weighted by atomic mass is 10.1. The first-order valence-electron chi connectivity index (χ1n) is 7.88. The summed E-state index contributed by atoms with van der Waals surface area (Å²) in [7, 11) is 2.04. The summed E-state index contributed by atoms with van der Waals surface area (Å²) < 4.78 is 5.81. The fourth-order valence-electron chi connectivity index (χ4n) is 2.84. The maximum absolute atomic E-state index is 5.81. The van der Waals surface area contributed by atoms with Crippen molar-refractivity contribution in [1.29, 1.82) is 0 Å². The zero-order valence-corrected chi connectivity index (χ0v) is 13.4. The summed E-state index contributed by atoms with van der Waals surface area (Å²) in [6, 6.07) is 24.5. The van der Waals surface area contributed by atoms with Crippen molar-refractivity contribution in [3.63, 3.8) is 0 Å². The van der Waals surface area contributed by atoms with Gasteiger partial charge in [0.15, 0.2) is 0 Å². The van der Waals surface area contributed by atoms with Crippen molar-refractivity contribution in [2.45, 2.75) is 6.54 Å². The number of nitrogens with zero attached hydrogens (tertiary/aromatic N) is 3. The Bertz CT molecular complexity index is 957. The van der Waals surface area contributed by atoms with E-state index < -0.39 is 0 Å². The standard InChI is InChI=1S/C20H17N3O/c1-23(18-13-7-11-15-8-5-6-12-17(15)18)14-19-21-22-20(24-19)16-9-3-2-4-10-16/h2-13H,14H2,1H3. The van der Waals surface area contributed by atoms with E-state index in [1.165, 1.54) is 10.8 Å². The predicted molar refractivity (Wildman–Crippen MR) is 95.8 cm³/mol. The molecule has 1 aromatic heterocycles. The number of anilines is 1. The molecule has 0 aliphatic rings. The Morgan fingerprint density at radius 3 is 2.46 bits per heavy atom. The lowest BCUT2D eigenvalue weighted by Crippen LogP contribution is -2.16. The minimum absolute atomic E-state index is 0.553. The van der Waals surface area contributed by atoms with Crippen LogP contribution in [-0.4, -0.2) is 17.2 Å². The van der Waals surface area contributed by atoms with Crippen molar-refractivity contribution < 1.29 is 4.42 Å². The largest absolute Gasteiger partial charge is 0.419 e. The molecule has 24 heavy (non-hydrogen) atoms. The Kier molecular flexibility index (Phi) is 3.71. The van der Waals surface area contributed by atoms with E-state index in [2.05, 4.69) is 57.6 Å². The van der Waals surface area contributed by atoms with Crippen molar-refractivity contribution in [2.24, 2.45) is 0 Å². The van der Waals surface area contributed by atoms with Crippen LogP contribution in [0.15, 0.2) is 77.2 Å². The zero-order valence-electron chi connectivity index (χ0n) is 13.4. The molecule has 118 valence electrons. The molecule has 0 unspecified atom stereocenters. The van der Waals surface area contributed by atoms with Crippen LogP contribution in [-0.2, 0) is 6.54 Å². The van der Waals surface area contributed by atoms with Crippen molar-refractivity contribution in [3.8, 4) is 11.5 Å². The van der Waals surface area contributed by atoms with Crippen LogP contribution in [0.5, 0.6) is 0 Å². The molecule has 0 atom stereocenters. The van der Waals surface area contributed by atoms with E-state index in [0.717, 1.165) is 11.3 Å². The van der Waals surface area contributed by atoms with Crippen LogP contribution in [0.1, 0.15) is 5.89 Å². The van der Waals surface area contributed by atoms with E-state index in [-0.39, 0.29) is 0 Å². The van der Waals surface area contributed by atoms with Gasteiger partial charge in [0.05, 0.1) is 6.54 Å². The van der Waals surface area contributed by atoms with Gasteiger partial charge < -0.3 is 9.32 Å². The van der Waals surface area contributed by atoms with E-state index in [1.807, 2.05) is 37.4 Å². The summed E-state index contributed by atoms with van der Waals surface area (Å²) >= 11 is 0. The van der Waals surface area contributed by atoms with E-state index in [4.69, 9.17) is 4.42 Å². The van der Waals surface area contributed by atoms with Crippen LogP contribution in [0.3, 0.4) is 0 Å². The van der Waals surface area contributed by atoms with Gasteiger partial charge in [0.2, 0.25) is 11.8 Å². The lowest BCUT2D eigenvalue weighted by Gasteiger charge is -2.19. The Balaban J connectivity index is 1.60. The van der Waals surface area contributed by atoms with Crippen molar-refractivity contribution in [3.05, 3.63) is 78.7 Å². The third-order valence-electron chi connectivity index (χ3n) is 4.04. The number of fused-ring (bicyclic) bond motifs is 1.